The number of fused-ring (bicyclic) bond motifs is 1. The molecule has 0 bridgehead atoms. The highest BCUT2D eigenvalue weighted by Crippen LogP contribution is 2.68. The summed E-state index contributed by atoms with van der Waals surface area (Å²) in [6, 6.07) is 9.70. The molecule has 6 nitrogen and oxygen atoms in total. The van der Waals surface area contributed by atoms with E-state index in [9.17, 15) is 9.90 Å². The van der Waals surface area contributed by atoms with E-state index >= 15 is 0 Å². The molecule has 4 rings (SSSR count). The maximum Gasteiger partial charge on any atom is 0.410 e. The van der Waals surface area contributed by atoms with Gasteiger partial charge in [-0.1, -0.05) is 30.3 Å². The number of ether oxygens (including phenoxy) is 3. The summed E-state index contributed by atoms with van der Waals surface area (Å²) in [5.41, 5.74) is 0.691. The van der Waals surface area contributed by atoms with Gasteiger partial charge in [-0.2, -0.15) is 0 Å². The lowest BCUT2D eigenvalue weighted by atomic mass is 9.87. The molecule has 2 aliphatic heterocycles. The second-order valence-corrected chi connectivity index (χ2v) is 8.21. The van der Waals surface area contributed by atoms with Gasteiger partial charge in [-0.15, -0.1) is 0 Å². The first kappa shape index (κ1) is 18.7. The normalized spacial score (nSPS) is 32.6. The summed E-state index contributed by atoms with van der Waals surface area (Å²) in [7, 11) is 0. The molecule has 0 spiro atoms. The summed E-state index contributed by atoms with van der Waals surface area (Å²) in [4.78, 5) is 14.3. The summed E-state index contributed by atoms with van der Waals surface area (Å²) < 4.78 is 17.2. The molecule has 1 amide bonds. The summed E-state index contributed by atoms with van der Waals surface area (Å²) in [6.45, 7) is 2.90. The third-order valence-electron chi connectivity index (χ3n) is 6.48. The lowest BCUT2D eigenvalue weighted by molar-refractivity contribution is -0.176. The van der Waals surface area contributed by atoms with Crippen LogP contribution < -0.4 is 0 Å². The summed E-state index contributed by atoms with van der Waals surface area (Å²) >= 11 is 0. The Bertz CT molecular complexity index is 647. The molecule has 6 heteroatoms. The van der Waals surface area contributed by atoms with Crippen molar-refractivity contribution in [1.29, 1.82) is 0 Å². The first-order valence-electron chi connectivity index (χ1n) is 9.96. The minimum Gasteiger partial charge on any atom is -0.445 e. The number of benzene rings is 1. The van der Waals surface area contributed by atoms with Crippen molar-refractivity contribution in [3.63, 3.8) is 0 Å². The fourth-order valence-corrected chi connectivity index (χ4v) is 4.59. The molecule has 1 aromatic rings. The number of hydrogen-bond acceptors (Lipinski definition) is 5. The van der Waals surface area contributed by atoms with Crippen molar-refractivity contribution in [1.82, 2.24) is 4.90 Å². The summed E-state index contributed by atoms with van der Waals surface area (Å²) in [5.74, 6) is 0. The van der Waals surface area contributed by atoms with Gasteiger partial charge >= 0.3 is 6.09 Å². The highest BCUT2D eigenvalue weighted by molar-refractivity contribution is 5.68. The molecule has 0 aromatic heterocycles. The molecule has 3 unspecified atom stereocenters. The van der Waals surface area contributed by atoms with Gasteiger partial charge in [0.1, 0.15) is 6.61 Å². The number of aliphatic hydroxyl groups is 1. The number of aliphatic hydroxyl groups excluding tert-OH is 1. The van der Waals surface area contributed by atoms with Crippen molar-refractivity contribution in [2.75, 3.05) is 32.9 Å². The second-order valence-electron chi connectivity index (χ2n) is 8.21. The molecule has 1 saturated carbocycles. The smallest absolute Gasteiger partial charge is 0.410 e. The van der Waals surface area contributed by atoms with E-state index in [0.29, 0.717) is 19.7 Å². The predicted octanol–water partition coefficient (Wildman–Crippen LogP) is 2.94. The lowest BCUT2D eigenvalue weighted by Crippen LogP contribution is -2.47. The SMILES string of the molecule is O=C(OCc1ccccc1)N1CCC2(CO)CC2(COC2CCCCO2)C1. The van der Waals surface area contributed by atoms with E-state index in [1.807, 2.05) is 30.3 Å². The van der Waals surface area contributed by atoms with Crippen molar-refractivity contribution in [2.45, 2.75) is 45.0 Å². The van der Waals surface area contributed by atoms with Crippen LogP contribution in [0.15, 0.2) is 30.3 Å². The highest BCUT2D eigenvalue weighted by atomic mass is 16.7. The third kappa shape index (κ3) is 3.84. The number of nitrogens with zero attached hydrogens (tertiary/aromatic N) is 1. The fraction of sp³-hybridized carbons (Fsp3) is 0.667. The van der Waals surface area contributed by atoms with Gasteiger partial charge < -0.3 is 24.2 Å². The number of likely N-dealkylation sites (tertiary alicyclic amines) is 1. The summed E-state index contributed by atoms with van der Waals surface area (Å²) in [6.07, 6.45) is 4.39. The van der Waals surface area contributed by atoms with Gasteiger partial charge in [-0.25, -0.2) is 4.79 Å². The Kier molecular flexibility index (Phi) is 5.39. The van der Waals surface area contributed by atoms with Gasteiger partial charge in [-0.3, -0.25) is 0 Å². The maximum atomic E-state index is 12.6. The van der Waals surface area contributed by atoms with Crippen LogP contribution in [0.4, 0.5) is 4.79 Å². The zero-order valence-corrected chi connectivity index (χ0v) is 15.8. The number of amides is 1. The number of hydrogen-bond donors (Lipinski definition) is 1. The highest BCUT2D eigenvalue weighted by Gasteiger charge is 2.69. The zero-order chi connectivity index (χ0) is 18.7. The van der Waals surface area contributed by atoms with Crippen LogP contribution in [0.2, 0.25) is 0 Å². The number of carbonyl (C=O) groups is 1. The average Bonchev–Trinajstić information content (AvgIpc) is 3.41. The van der Waals surface area contributed by atoms with E-state index in [0.717, 1.165) is 44.3 Å². The Labute approximate surface area is 160 Å². The van der Waals surface area contributed by atoms with Crippen LogP contribution in [0, 0.1) is 10.8 Å². The first-order valence-corrected chi connectivity index (χ1v) is 9.96. The van der Waals surface area contributed by atoms with E-state index in [1.54, 1.807) is 4.90 Å². The second kappa shape index (κ2) is 7.78. The lowest BCUT2D eigenvalue weighted by Gasteiger charge is -2.37. The van der Waals surface area contributed by atoms with Crippen LogP contribution in [-0.4, -0.2) is 55.3 Å². The molecule has 27 heavy (non-hydrogen) atoms. The third-order valence-corrected chi connectivity index (χ3v) is 6.48. The molecule has 2 saturated heterocycles. The molecule has 3 aliphatic rings. The molecule has 2 heterocycles. The van der Waals surface area contributed by atoms with Crippen LogP contribution >= 0.6 is 0 Å². The number of rotatable bonds is 6. The van der Waals surface area contributed by atoms with Crippen molar-refractivity contribution in [3.8, 4) is 0 Å². The van der Waals surface area contributed by atoms with Crippen LogP contribution in [-0.2, 0) is 20.8 Å². The Morgan fingerprint density at radius 3 is 2.85 bits per heavy atom. The molecule has 1 N–H and O–H groups in total. The van der Waals surface area contributed by atoms with Gasteiger partial charge in [0.25, 0.3) is 0 Å². The standard InChI is InChI=1S/C21H29NO5/c23-15-20-9-10-22(19(24)26-12-17-6-2-1-3-7-17)14-21(20,13-20)16-27-18-8-4-5-11-25-18/h1-3,6-7,18,23H,4-5,8-16H2. The largest absolute Gasteiger partial charge is 0.445 e. The number of piperidine rings is 1. The molecule has 3 fully saturated rings. The van der Waals surface area contributed by atoms with Crippen molar-refractivity contribution < 1.29 is 24.1 Å². The number of carbonyl (C=O) groups excluding carboxylic acids is 1. The first-order chi connectivity index (χ1) is 13.2. The van der Waals surface area contributed by atoms with Crippen LogP contribution in [0.1, 0.15) is 37.7 Å². The summed E-state index contributed by atoms with van der Waals surface area (Å²) in [5, 5.41) is 9.95. The Morgan fingerprint density at radius 2 is 2.11 bits per heavy atom. The minimum atomic E-state index is -0.286. The predicted molar refractivity (Wildman–Crippen MR) is 98.9 cm³/mol. The molecular weight excluding hydrogens is 346 g/mol. The van der Waals surface area contributed by atoms with E-state index in [1.165, 1.54) is 0 Å². The van der Waals surface area contributed by atoms with E-state index in [4.69, 9.17) is 14.2 Å². The molecular formula is C21H29NO5. The molecule has 0 radical (unpaired) electrons. The average molecular weight is 375 g/mol. The van der Waals surface area contributed by atoms with Gasteiger partial charge in [-0.05, 0) is 37.7 Å². The van der Waals surface area contributed by atoms with Crippen molar-refractivity contribution in [3.05, 3.63) is 35.9 Å². The Morgan fingerprint density at radius 1 is 1.26 bits per heavy atom. The molecule has 148 valence electrons. The molecule has 3 atom stereocenters. The quantitative estimate of drug-likeness (QED) is 0.828. The van der Waals surface area contributed by atoms with Crippen LogP contribution in [0.3, 0.4) is 0 Å². The maximum absolute atomic E-state index is 12.6. The molecule has 1 aliphatic carbocycles. The van der Waals surface area contributed by atoms with E-state index in [-0.39, 0.29) is 36.4 Å². The Balaban J connectivity index is 1.33. The van der Waals surface area contributed by atoms with E-state index in [2.05, 4.69) is 0 Å². The molecule has 1 aromatic carbocycles. The van der Waals surface area contributed by atoms with Gasteiger partial charge in [0.05, 0.1) is 6.61 Å². The topological polar surface area (TPSA) is 68.2 Å². The van der Waals surface area contributed by atoms with Crippen LogP contribution in [0.5, 0.6) is 0 Å². The van der Waals surface area contributed by atoms with E-state index < -0.39 is 0 Å². The van der Waals surface area contributed by atoms with Gasteiger partial charge in [0.15, 0.2) is 6.29 Å². The minimum absolute atomic E-state index is 0.113. The fourth-order valence-electron chi connectivity index (χ4n) is 4.59. The van der Waals surface area contributed by atoms with Crippen molar-refractivity contribution >= 4 is 6.09 Å². The monoisotopic (exact) mass is 375 g/mol. The van der Waals surface area contributed by atoms with Gasteiger partial charge in [0.2, 0.25) is 0 Å². The Hall–Kier alpha value is -1.63. The van der Waals surface area contributed by atoms with Crippen LogP contribution in [0.25, 0.3) is 0 Å². The van der Waals surface area contributed by atoms with Gasteiger partial charge in [0, 0.05) is 37.1 Å². The van der Waals surface area contributed by atoms with Crippen molar-refractivity contribution in [2.24, 2.45) is 10.8 Å². The zero-order valence-electron chi connectivity index (χ0n) is 15.8.